The van der Waals surface area contributed by atoms with Gasteiger partial charge in [0, 0.05) is 18.3 Å². The van der Waals surface area contributed by atoms with Crippen molar-refractivity contribution in [2.24, 2.45) is 0 Å². The summed E-state index contributed by atoms with van der Waals surface area (Å²) in [6.45, 7) is 4.83. The predicted molar refractivity (Wildman–Crippen MR) is 71.9 cm³/mol. The Morgan fingerprint density at radius 3 is 2.61 bits per heavy atom. The average molecular weight is 252 g/mol. The summed E-state index contributed by atoms with van der Waals surface area (Å²) in [5.74, 6) is -0.524. The summed E-state index contributed by atoms with van der Waals surface area (Å²) in [5.41, 5.74) is 6.13. The Hall–Kier alpha value is -1.82. The Bertz CT molecular complexity index is 444. The third-order valence-electron chi connectivity index (χ3n) is 3.06. The van der Waals surface area contributed by atoms with Gasteiger partial charge in [-0.3, -0.25) is 0 Å². The van der Waals surface area contributed by atoms with Gasteiger partial charge in [-0.05, 0) is 34.0 Å². The van der Waals surface area contributed by atoms with E-state index in [-0.39, 0.29) is 11.1 Å². The number of rotatable bonds is 5. The van der Waals surface area contributed by atoms with Crippen LogP contribution in [0.3, 0.4) is 0 Å². The first kappa shape index (κ1) is 14.2. The number of likely N-dealkylation sites (N-methyl/N-ethyl adjacent to an activating group) is 1. The number of aromatic carboxylic acids is 1. The van der Waals surface area contributed by atoms with E-state index >= 15 is 0 Å². The molecule has 0 aliphatic carbocycles. The lowest BCUT2D eigenvalue weighted by Crippen LogP contribution is -2.44. The van der Waals surface area contributed by atoms with Crippen LogP contribution in [0.25, 0.3) is 0 Å². The van der Waals surface area contributed by atoms with Crippen molar-refractivity contribution < 1.29 is 9.90 Å². The minimum Gasteiger partial charge on any atom is -0.478 e. The van der Waals surface area contributed by atoms with E-state index in [2.05, 4.69) is 29.0 Å². The molecular formula is C12H20N4O2. The van der Waals surface area contributed by atoms with E-state index in [1.165, 1.54) is 12.3 Å². The molecule has 0 amide bonds. The Morgan fingerprint density at radius 2 is 2.17 bits per heavy atom. The van der Waals surface area contributed by atoms with Gasteiger partial charge < -0.3 is 21.1 Å². The van der Waals surface area contributed by atoms with Crippen molar-refractivity contribution in [2.75, 3.05) is 31.7 Å². The van der Waals surface area contributed by atoms with Gasteiger partial charge in [-0.1, -0.05) is 0 Å². The number of carboxylic acid groups (broad SMARTS) is 1. The van der Waals surface area contributed by atoms with Gasteiger partial charge in [-0.2, -0.15) is 0 Å². The summed E-state index contributed by atoms with van der Waals surface area (Å²) in [6.07, 6.45) is 1.30. The predicted octanol–water partition coefficient (Wildman–Crippen LogP) is 1.11. The molecule has 6 nitrogen and oxygen atoms in total. The molecule has 0 aromatic carbocycles. The van der Waals surface area contributed by atoms with Gasteiger partial charge in [-0.25, -0.2) is 9.78 Å². The largest absolute Gasteiger partial charge is 0.478 e. The molecule has 0 saturated heterocycles. The summed E-state index contributed by atoms with van der Waals surface area (Å²) in [7, 11) is 3.98. The topological polar surface area (TPSA) is 91.5 Å². The molecule has 0 aliphatic heterocycles. The smallest absolute Gasteiger partial charge is 0.337 e. The number of carboxylic acids is 1. The second kappa shape index (κ2) is 5.22. The molecule has 1 rings (SSSR count). The van der Waals surface area contributed by atoms with Gasteiger partial charge in [0.1, 0.15) is 5.82 Å². The molecule has 0 bridgehead atoms. The van der Waals surface area contributed by atoms with Gasteiger partial charge in [0.25, 0.3) is 0 Å². The molecule has 0 spiro atoms. The summed E-state index contributed by atoms with van der Waals surface area (Å²) in [6, 6.07) is 1.40. The molecule has 0 aliphatic rings. The fourth-order valence-electron chi connectivity index (χ4n) is 1.20. The minimum absolute atomic E-state index is 0.0560. The van der Waals surface area contributed by atoms with E-state index in [9.17, 15) is 4.79 Å². The second-order valence-corrected chi connectivity index (χ2v) is 5.03. The normalized spacial score (nSPS) is 11.6. The number of nitrogen functional groups attached to an aromatic ring is 1. The first-order chi connectivity index (χ1) is 8.24. The average Bonchev–Trinajstić information content (AvgIpc) is 2.26. The SMILES string of the molecule is CN(C)C(C)(C)CNc1ncc(C(=O)O)cc1N. The van der Waals surface area contributed by atoms with Crippen molar-refractivity contribution >= 4 is 17.5 Å². The number of hydrogen-bond donors (Lipinski definition) is 3. The molecule has 0 radical (unpaired) electrons. The molecule has 1 aromatic heterocycles. The zero-order valence-corrected chi connectivity index (χ0v) is 11.2. The minimum atomic E-state index is -1.03. The van der Waals surface area contributed by atoms with Crippen molar-refractivity contribution in [1.82, 2.24) is 9.88 Å². The number of nitrogens with one attached hydrogen (secondary N) is 1. The third-order valence-corrected chi connectivity index (χ3v) is 3.06. The highest BCUT2D eigenvalue weighted by Crippen LogP contribution is 2.18. The van der Waals surface area contributed by atoms with Crippen LogP contribution in [-0.4, -0.2) is 47.1 Å². The highest BCUT2D eigenvalue weighted by Gasteiger charge is 2.20. The maximum Gasteiger partial charge on any atom is 0.337 e. The van der Waals surface area contributed by atoms with Crippen molar-refractivity contribution in [3.05, 3.63) is 17.8 Å². The van der Waals surface area contributed by atoms with Gasteiger partial charge in [0.05, 0.1) is 11.3 Å². The molecule has 1 aromatic rings. The Morgan fingerprint density at radius 1 is 1.56 bits per heavy atom. The Kier molecular flexibility index (Phi) is 4.13. The summed E-state index contributed by atoms with van der Waals surface area (Å²) < 4.78 is 0. The van der Waals surface area contributed by atoms with Gasteiger partial charge >= 0.3 is 5.97 Å². The molecular weight excluding hydrogens is 232 g/mol. The Labute approximate surface area is 107 Å². The van der Waals surface area contributed by atoms with E-state index in [1.54, 1.807) is 0 Å². The van der Waals surface area contributed by atoms with Crippen molar-refractivity contribution in [3.63, 3.8) is 0 Å². The van der Waals surface area contributed by atoms with Crippen LogP contribution in [0.1, 0.15) is 24.2 Å². The molecule has 6 heteroatoms. The maximum atomic E-state index is 10.7. The van der Waals surface area contributed by atoms with Crippen LogP contribution >= 0.6 is 0 Å². The van der Waals surface area contributed by atoms with Crippen molar-refractivity contribution in [1.29, 1.82) is 0 Å². The molecule has 18 heavy (non-hydrogen) atoms. The van der Waals surface area contributed by atoms with E-state index in [0.29, 0.717) is 18.1 Å². The maximum absolute atomic E-state index is 10.7. The lowest BCUT2D eigenvalue weighted by molar-refractivity contribution is 0.0696. The van der Waals surface area contributed by atoms with Crippen LogP contribution in [0.2, 0.25) is 0 Å². The second-order valence-electron chi connectivity index (χ2n) is 5.03. The first-order valence-corrected chi connectivity index (χ1v) is 5.64. The van der Waals surface area contributed by atoms with Crippen molar-refractivity contribution in [2.45, 2.75) is 19.4 Å². The third kappa shape index (κ3) is 3.33. The van der Waals surface area contributed by atoms with Crippen LogP contribution in [0, 0.1) is 0 Å². The number of anilines is 2. The lowest BCUT2D eigenvalue weighted by atomic mass is 10.0. The summed E-state index contributed by atoms with van der Waals surface area (Å²) >= 11 is 0. The highest BCUT2D eigenvalue weighted by atomic mass is 16.4. The van der Waals surface area contributed by atoms with E-state index in [0.717, 1.165) is 0 Å². The zero-order chi connectivity index (χ0) is 13.9. The van der Waals surface area contributed by atoms with Gasteiger partial charge in [0.2, 0.25) is 0 Å². The summed E-state index contributed by atoms with van der Waals surface area (Å²) in [5, 5.41) is 11.9. The fourth-order valence-corrected chi connectivity index (χ4v) is 1.20. The van der Waals surface area contributed by atoms with Crippen LogP contribution < -0.4 is 11.1 Å². The van der Waals surface area contributed by atoms with Gasteiger partial charge in [-0.15, -0.1) is 0 Å². The standard InChI is InChI=1S/C12H20N4O2/c1-12(2,16(3)4)7-15-10-9(13)5-8(6-14-10)11(17)18/h5-6H,7,13H2,1-4H3,(H,14,15)(H,17,18). The molecule has 100 valence electrons. The van der Waals surface area contributed by atoms with E-state index in [1.807, 2.05) is 14.1 Å². The molecule has 4 N–H and O–H groups in total. The number of aromatic nitrogens is 1. The highest BCUT2D eigenvalue weighted by molar-refractivity contribution is 5.89. The van der Waals surface area contributed by atoms with E-state index < -0.39 is 5.97 Å². The number of pyridine rings is 1. The molecule has 0 saturated carbocycles. The quantitative estimate of drug-likeness (QED) is 0.727. The zero-order valence-electron chi connectivity index (χ0n) is 11.2. The molecule has 0 fully saturated rings. The van der Waals surface area contributed by atoms with Crippen LogP contribution in [0.4, 0.5) is 11.5 Å². The Balaban J connectivity index is 2.78. The number of nitrogens with two attached hydrogens (primary N) is 1. The van der Waals surface area contributed by atoms with Crippen LogP contribution in [0.15, 0.2) is 12.3 Å². The lowest BCUT2D eigenvalue weighted by Gasteiger charge is -2.32. The van der Waals surface area contributed by atoms with E-state index in [4.69, 9.17) is 10.8 Å². The monoisotopic (exact) mass is 252 g/mol. The summed E-state index contributed by atoms with van der Waals surface area (Å²) in [4.78, 5) is 16.9. The first-order valence-electron chi connectivity index (χ1n) is 5.64. The fraction of sp³-hybridized carbons (Fsp3) is 0.500. The van der Waals surface area contributed by atoms with Crippen LogP contribution in [0.5, 0.6) is 0 Å². The molecule has 0 atom stereocenters. The molecule has 0 unspecified atom stereocenters. The molecule has 1 heterocycles. The number of nitrogens with zero attached hydrogens (tertiary/aromatic N) is 2. The van der Waals surface area contributed by atoms with Crippen molar-refractivity contribution in [3.8, 4) is 0 Å². The number of hydrogen-bond acceptors (Lipinski definition) is 5. The number of carbonyl (C=O) groups is 1. The van der Waals surface area contributed by atoms with Gasteiger partial charge in [0.15, 0.2) is 0 Å². The van der Waals surface area contributed by atoms with Crippen LogP contribution in [-0.2, 0) is 0 Å².